The molecule has 0 aliphatic heterocycles. The lowest BCUT2D eigenvalue weighted by Crippen LogP contribution is -2.11. The van der Waals surface area contributed by atoms with Crippen LogP contribution in [0.2, 0.25) is 0 Å². The Hall–Kier alpha value is -1.19. The highest BCUT2D eigenvalue weighted by molar-refractivity contribution is 7.15. The number of rotatable bonds is 6. The third kappa shape index (κ3) is 2.94. The quantitative estimate of drug-likeness (QED) is 0.853. The predicted octanol–water partition coefficient (Wildman–Crippen LogP) is 4.36. The number of aromatic nitrogens is 1. The number of aryl methyl sites for hydroxylation is 1. The maximum atomic E-state index is 4.93. The number of hydrogen-bond acceptors (Lipinski definition) is 3. The first-order chi connectivity index (χ1) is 9.81. The fraction of sp³-hybridized carbons (Fsp3) is 0.471. The molecule has 1 N–H and O–H groups in total. The van der Waals surface area contributed by atoms with Crippen LogP contribution >= 0.6 is 11.3 Å². The second-order valence-corrected chi connectivity index (χ2v) is 6.52. The Morgan fingerprint density at radius 1 is 1.20 bits per heavy atom. The molecule has 1 aliphatic rings. The Labute approximate surface area is 125 Å². The highest BCUT2D eigenvalue weighted by atomic mass is 32.1. The largest absolute Gasteiger partial charge is 0.312 e. The molecule has 1 aliphatic carbocycles. The van der Waals surface area contributed by atoms with E-state index in [9.17, 15) is 0 Å². The Balaban J connectivity index is 1.88. The van der Waals surface area contributed by atoms with Crippen LogP contribution in [0.1, 0.15) is 48.7 Å². The van der Waals surface area contributed by atoms with E-state index in [2.05, 4.69) is 43.4 Å². The highest BCUT2D eigenvalue weighted by Crippen LogP contribution is 2.44. The zero-order valence-electron chi connectivity index (χ0n) is 12.3. The molecule has 0 unspecified atom stereocenters. The topological polar surface area (TPSA) is 24.9 Å². The van der Waals surface area contributed by atoms with Crippen LogP contribution in [0.3, 0.4) is 0 Å². The van der Waals surface area contributed by atoms with E-state index in [1.165, 1.54) is 39.5 Å². The first-order valence-corrected chi connectivity index (χ1v) is 8.43. The molecule has 20 heavy (non-hydrogen) atoms. The zero-order valence-corrected chi connectivity index (χ0v) is 13.1. The smallest absolute Gasteiger partial charge is 0.123 e. The van der Waals surface area contributed by atoms with E-state index >= 15 is 0 Å². The molecule has 2 nitrogen and oxygen atoms in total. The number of nitrogens with one attached hydrogen (secondary N) is 1. The van der Waals surface area contributed by atoms with Gasteiger partial charge in [0.2, 0.25) is 0 Å². The van der Waals surface area contributed by atoms with E-state index in [0.29, 0.717) is 0 Å². The molecule has 1 aromatic carbocycles. The van der Waals surface area contributed by atoms with Gasteiger partial charge in [0.05, 0.1) is 5.69 Å². The van der Waals surface area contributed by atoms with Crippen molar-refractivity contribution >= 4 is 11.3 Å². The minimum Gasteiger partial charge on any atom is -0.312 e. The molecule has 0 spiro atoms. The minimum absolute atomic E-state index is 0.726. The lowest BCUT2D eigenvalue weighted by Gasteiger charge is -2.00. The van der Waals surface area contributed by atoms with Crippen LogP contribution in [0.4, 0.5) is 0 Å². The van der Waals surface area contributed by atoms with Crippen LogP contribution in [0, 0.1) is 0 Å². The lowest BCUT2D eigenvalue weighted by atomic mass is 10.1. The van der Waals surface area contributed by atoms with E-state index in [4.69, 9.17) is 4.98 Å². The minimum atomic E-state index is 0.726. The van der Waals surface area contributed by atoms with Crippen molar-refractivity contribution in [1.29, 1.82) is 0 Å². The summed E-state index contributed by atoms with van der Waals surface area (Å²) in [4.78, 5) is 6.36. The van der Waals surface area contributed by atoms with Crippen LogP contribution in [0.15, 0.2) is 24.3 Å². The van der Waals surface area contributed by atoms with Gasteiger partial charge in [-0.2, -0.15) is 0 Å². The van der Waals surface area contributed by atoms with Crippen molar-refractivity contribution in [3.63, 3.8) is 0 Å². The van der Waals surface area contributed by atoms with Crippen molar-refractivity contribution in [2.45, 2.75) is 45.6 Å². The molecule has 3 heteroatoms. The first-order valence-electron chi connectivity index (χ1n) is 7.61. The summed E-state index contributed by atoms with van der Waals surface area (Å²) in [7, 11) is 0. The summed E-state index contributed by atoms with van der Waals surface area (Å²) < 4.78 is 0. The number of nitrogens with zero attached hydrogens (tertiary/aromatic N) is 1. The number of benzene rings is 1. The summed E-state index contributed by atoms with van der Waals surface area (Å²) in [5.41, 5.74) is 4.00. The number of thiazole rings is 1. The third-order valence-electron chi connectivity index (χ3n) is 3.84. The lowest BCUT2D eigenvalue weighted by molar-refractivity contribution is 0.727. The van der Waals surface area contributed by atoms with Crippen molar-refractivity contribution < 1.29 is 0 Å². The maximum absolute atomic E-state index is 4.93. The average molecular weight is 286 g/mol. The molecule has 0 amide bonds. The van der Waals surface area contributed by atoms with E-state index in [-0.39, 0.29) is 0 Å². The van der Waals surface area contributed by atoms with Gasteiger partial charge in [-0.15, -0.1) is 11.3 Å². The maximum Gasteiger partial charge on any atom is 0.123 e. The average Bonchev–Trinajstić information content (AvgIpc) is 3.25. The summed E-state index contributed by atoms with van der Waals surface area (Å²) >= 11 is 1.86. The molecule has 0 saturated heterocycles. The van der Waals surface area contributed by atoms with Gasteiger partial charge in [0.25, 0.3) is 0 Å². The van der Waals surface area contributed by atoms with Gasteiger partial charge >= 0.3 is 0 Å². The standard InChI is InChI=1S/C17H22N2S/c1-3-12-5-7-14(8-6-12)17-19-16(13-9-10-13)15(20-17)11-18-4-2/h5-8,13,18H,3-4,9-11H2,1-2H3. The van der Waals surface area contributed by atoms with Gasteiger partial charge in [-0.1, -0.05) is 38.1 Å². The van der Waals surface area contributed by atoms with E-state index in [1.807, 2.05) is 11.3 Å². The fourth-order valence-corrected chi connectivity index (χ4v) is 3.53. The molecular weight excluding hydrogens is 264 g/mol. The Morgan fingerprint density at radius 3 is 2.55 bits per heavy atom. The molecule has 0 radical (unpaired) electrons. The zero-order chi connectivity index (χ0) is 13.9. The van der Waals surface area contributed by atoms with Crippen molar-refractivity contribution in [2.24, 2.45) is 0 Å². The molecular formula is C17H22N2S. The van der Waals surface area contributed by atoms with Crippen LogP contribution < -0.4 is 5.32 Å². The van der Waals surface area contributed by atoms with Crippen molar-refractivity contribution in [3.8, 4) is 10.6 Å². The molecule has 1 fully saturated rings. The van der Waals surface area contributed by atoms with E-state index in [1.54, 1.807) is 0 Å². The van der Waals surface area contributed by atoms with Crippen molar-refractivity contribution in [2.75, 3.05) is 6.54 Å². The molecule has 106 valence electrons. The van der Waals surface area contributed by atoms with Crippen LogP contribution in [-0.4, -0.2) is 11.5 Å². The SMILES string of the molecule is CCNCc1sc(-c2ccc(CC)cc2)nc1C1CC1. The Bertz CT molecular complexity index is 567. The highest BCUT2D eigenvalue weighted by Gasteiger charge is 2.29. The third-order valence-corrected chi connectivity index (χ3v) is 4.96. The van der Waals surface area contributed by atoms with Crippen LogP contribution in [0.5, 0.6) is 0 Å². The van der Waals surface area contributed by atoms with Crippen LogP contribution in [0.25, 0.3) is 10.6 Å². The van der Waals surface area contributed by atoms with E-state index < -0.39 is 0 Å². The van der Waals surface area contributed by atoms with Gasteiger partial charge in [0.15, 0.2) is 0 Å². The summed E-state index contributed by atoms with van der Waals surface area (Å²) in [5.74, 6) is 0.726. The molecule has 3 rings (SSSR count). The second kappa shape index (κ2) is 6.06. The van der Waals surface area contributed by atoms with Crippen molar-refractivity contribution in [3.05, 3.63) is 40.4 Å². The summed E-state index contributed by atoms with van der Waals surface area (Å²) in [5, 5.41) is 4.62. The Kier molecular flexibility index (Phi) is 4.18. The first kappa shape index (κ1) is 13.8. The predicted molar refractivity (Wildman–Crippen MR) is 86.3 cm³/mol. The molecule has 2 aromatic rings. The van der Waals surface area contributed by atoms with E-state index in [0.717, 1.165) is 25.4 Å². The summed E-state index contributed by atoms with van der Waals surface area (Å²) in [6, 6.07) is 8.87. The van der Waals surface area contributed by atoms with Gasteiger partial charge < -0.3 is 5.32 Å². The fourth-order valence-electron chi connectivity index (χ4n) is 2.41. The second-order valence-electron chi connectivity index (χ2n) is 5.43. The van der Waals surface area contributed by atoms with Gasteiger partial charge in [-0.05, 0) is 31.4 Å². The van der Waals surface area contributed by atoms with Crippen molar-refractivity contribution in [1.82, 2.24) is 10.3 Å². The molecule has 1 saturated carbocycles. The molecule has 0 bridgehead atoms. The van der Waals surface area contributed by atoms with Crippen LogP contribution in [-0.2, 0) is 13.0 Å². The summed E-state index contributed by atoms with van der Waals surface area (Å²) in [6.07, 6.45) is 3.73. The summed E-state index contributed by atoms with van der Waals surface area (Å²) in [6.45, 7) is 6.33. The normalized spacial score (nSPS) is 14.7. The molecule has 1 heterocycles. The van der Waals surface area contributed by atoms with Gasteiger partial charge in [-0.25, -0.2) is 4.98 Å². The van der Waals surface area contributed by atoms with Gasteiger partial charge in [-0.3, -0.25) is 0 Å². The molecule has 0 atom stereocenters. The van der Waals surface area contributed by atoms with Gasteiger partial charge in [0, 0.05) is 22.9 Å². The monoisotopic (exact) mass is 286 g/mol. The van der Waals surface area contributed by atoms with Gasteiger partial charge in [0.1, 0.15) is 5.01 Å². The molecule has 1 aromatic heterocycles. The number of hydrogen-bond donors (Lipinski definition) is 1. The Morgan fingerprint density at radius 2 is 1.95 bits per heavy atom.